The molecule has 2 aromatic heterocycles. The van der Waals surface area contributed by atoms with Gasteiger partial charge in [0, 0.05) is 12.5 Å². The second-order valence-electron chi connectivity index (χ2n) is 4.94. The van der Waals surface area contributed by atoms with Gasteiger partial charge in [-0.3, -0.25) is 0 Å². The van der Waals surface area contributed by atoms with Crippen molar-refractivity contribution in [1.29, 1.82) is 0 Å². The first-order valence-corrected chi connectivity index (χ1v) is 6.46. The minimum Gasteiger partial charge on any atom is -0.381 e. The summed E-state index contributed by atoms with van der Waals surface area (Å²) < 4.78 is 7.19. The van der Waals surface area contributed by atoms with Crippen molar-refractivity contribution in [3.05, 3.63) is 10.8 Å². The van der Waals surface area contributed by atoms with Gasteiger partial charge in [0.1, 0.15) is 5.01 Å². The quantitative estimate of drug-likeness (QED) is 0.859. The molecule has 1 saturated heterocycles. The number of hydrogen-bond donors (Lipinski definition) is 1. The molecule has 0 saturated carbocycles. The zero-order valence-electron chi connectivity index (χ0n) is 9.88. The van der Waals surface area contributed by atoms with Gasteiger partial charge in [0.2, 0.25) is 4.96 Å². The minimum absolute atomic E-state index is 0.306. The Morgan fingerprint density at radius 2 is 2.29 bits per heavy atom. The monoisotopic (exact) mass is 253 g/mol. The average molecular weight is 253 g/mol. The third-order valence-corrected chi connectivity index (χ3v) is 4.10. The molecule has 1 atom stereocenters. The van der Waals surface area contributed by atoms with Gasteiger partial charge in [-0.1, -0.05) is 11.3 Å². The van der Waals surface area contributed by atoms with E-state index in [1.165, 1.54) is 11.3 Å². The summed E-state index contributed by atoms with van der Waals surface area (Å²) in [5.74, 6) is 1.20. The first kappa shape index (κ1) is 11.1. The fraction of sp³-hybridized carbons (Fsp3) is 0.700. The van der Waals surface area contributed by atoms with Crippen molar-refractivity contribution in [2.75, 3.05) is 13.2 Å². The molecule has 1 unspecified atom stereocenters. The fourth-order valence-electron chi connectivity index (χ4n) is 1.89. The van der Waals surface area contributed by atoms with Gasteiger partial charge in [0.15, 0.2) is 5.82 Å². The molecule has 0 aliphatic carbocycles. The molecule has 0 radical (unpaired) electrons. The first-order chi connectivity index (χ1) is 8.05. The minimum atomic E-state index is -0.436. The first-order valence-electron chi connectivity index (χ1n) is 5.65. The SMILES string of the molecule is CC(C)(N)c1nn2c(C3CCOC3)nnc2s1. The van der Waals surface area contributed by atoms with Crippen LogP contribution in [0.3, 0.4) is 0 Å². The molecule has 1 aliphatic heterocycles. The van der Waals surface area contributed by atoms with E-state index in [1.54, 1.807) is 0 Å². The molecule has 2 N–H and O–H groups in total. The van der Waals surface area contributed by atoms with Crippen molar-refractivity contribution in [3.63, 3.8) is 0 Å². The zero-order valence-corrected chi connectivity index (χ0v) is 10.7. The number of ether oxygens (including phenoxy) is 1. The third-order valence-electron chi connectivity index (χ3n) is 2.86. The van der Waals surface area contributed by atoms with Crippen LogP contribution in [0.15, 0.2) is 0 Å². The Morgan fingerprint density at radius 3 is 2.94 bits per heavy atom. The van der Waals surface area contributed by atoms with Gasteiger partial charge < -0.3 is 10.5 Å². The van der Waals surface area contributed by atoms with Gasteiger partial charge >= 0.3 is 0 Å². The lowest BCUT2D eigenvalue weighted by molar-refractivity contribution is 0.193. The largest absolute Gasteiger partial charge is 0.381 e. The van der Waals surface area contributed by atoms with E-state index in [9.17, 15) is 0 Å². The third kappa shape index (κ3) is 1.84. The highest BCUT2D eigenvalue weighted by atomic mass is 32.1. The fourth-order valence-corrected chi connectivity index (χ4v) is 2.75. The van der Waals surface area contributed by atoms with E-state index in [1.807, 2.05) is 18.4 Å². The summed E-state index contributed by atoms with van der Waals surface area (Å²) in [5, 5.41) is 13.8. The van der Waals surface area contributed by atoms with Gasteiger partial charge in [-0.25, -0.2) is 0 Å². The van der Waals surface area contributed by atoms with Crippen molar-refractivity contribution in [3.8, 4) is 0 Å². The normalized spacial score (nSPS) is 21.5. The lowest BCUT2D eigenvalue weighted by Crippen LogP contribution is -2.28. The van der Waals surface area contributed by atoms with Crippen LogP contribution in [-0.2, 0) is 10.3 Å². The van der Waals surface area contributed by atoms with Crippen molar-refractivity contribution >= 4 is 16.3 Å². The molecule has 0 bridgehead atoms. The summed E-state index contributed by atoms with van der Waals surface area (Å²) in [6.07, 6.45) is 0.986. The predicted molar refractivity (Wildman–Crippen MR) is 64.0 cm³/mol. The van der Waals surface area contributed by atoms with Crippen molar-refractivity contribution < 1.29 is 4.74 Å². The summed E-state index contributed by atoms with van der Waals surface area (Å²) in [7, 11) is 0. The zero-order chi connectivity index (χ0) is 12.0. The molecule has 0 spiro atoms. The Kier molecular flexibility index (Phi) is 2.42. The molecule has 0 aromatic carbocycles. The number of rotatable bonds is 2. The molecule has 1 aliphatic rings. The Balaban J connectivity index is 2.05. The lowest BCUT2D eigenvalue weighted by Gasteiger charge is -2.13. The molecular formula is C10H15N5OS. The van der Waals surface area contributed by atoms with E-state index in [0.717, 1.165) is 28.8 Å². The summed E-state index contributed by atoms with van der Waals surface area (Å²) >= 11 is 1.50. The van der Waals surface area contributed by atoms with Crippen LogP contribution in [0.4, 0.5) is 0 Å². The summed E-state index contributed by atoms with van der Waals surface area (Å²) in [5.41, 5.74) is 5.61. The molecule has 0 amide bonds. The number of fused-ring (bicyclic) bond motifs is 1. The predicted octanol–water partition coefficient (Wildman–Crippen LogP) is 0.884. The topological polar surface area (TPSA) is 78.3 Å². The molecule has 3 heterocycles. The molecule has 3 rings (SSSR count). The van der Waals surface area contributed by atoms with E-state index in [2.05, 4.69) is 15.3 Å². The summed E-state index contributed by atoms with van der Waals surface area (Å²) in [6.45, 7) is 5.38. The van der Waals surface area contributed by atoms with Crippen LogP contribution in [0.25, 0.3) is 4.96 Å². The second-order valence-corrected chi connectivity index (χ2v) is 5.90. The molecule has 1 fully saturated rings. The molecule has 7 heteroatoms. The van der Waals surface area contributed by atoms with Crippen molar-refractivity contribution in [2.24, 2.45) is 5.73 Å². The van der Waals surface area contributed by atoms with E-state index in [4.69, 9.17) is 10.5 Å². The standard InChI is InChI=1S/C10H15N5OS/c1-10(2,11)8-14-15-7(6-3-4-16-5-6)12-13-9(15)17-8/h6H,3-5,11H2,1-2H3. The lowest BCUT2D eigenvalue weighted by atomic mass is 10.1. The highest BCUT2D eigenvalue weighted by molar-refractivity contribution is 7.16. The van der Waals surface area contributed by atoms with Crippen LogP contribution in [0.5, 0.6) is 0 Å². The van der Waals surface area contributed by atoms with E-state index in [-0.39, 0.29) is 0 Å². The van der Waals surface area contributed by atoms with Crippen LogP contribution in [-0.4, -0.2) is 33.0 Å². The Morgan fingerprint density at radius 1 is 1.47 bits per heavy atom. The number of nitrogens with two attached hydrogens (primary N) is 1. The maximum atomic E-state index is 6.05. The van der Waals surface area contributed by atoms with E-state index in [0.29, 0.717) is 12.5 Å². The molecule has 17 heavy (non-hydrogen) atoms. The van der Waals surface area contributed by atoms with Gasteiger partial charge in [0.05, 0.1) is 12.1 Å². The van der Waals surface area contributed by atoms with Gasteiger partial charge in [-0.05, 0) is 20.3 Å². The van der Waals surface area contributed by atoms with E-state index < -0.39 is 5.54 Å². The van der Waals surface area contributed by atoms with Gasteiger partial charge in [-0.2, -0.15) is 9.61 Å². The molecule has 6 nitrogen and oxygen atoms in total. The van der Waals surface area contributed by atoms with Crippen LogP contribution in [0, 0.1) is 0 Å². The van der Waals surface area contributed by atoms with Crippen LogP contribution in [0.1, 0.15) is 37.0 Å². The van der Waals surface area contributed by atoms with Gasteiger partial charge in [0.25, 0.3) is 0 Å². The molecular weight excluding hydrogens is 238 g/mol. The second kappa shape index (κ2) is 3.72. The number of aromatic nitrogens is 4. The van der Waals surface area contributed by atoms with Crippen molar-refractivity contribution in [1.82, 2.24) is 19.8 Å². The maximum absolute atomic E-state index is 6.05. The summed E-state index contributed by atoms with van der Waals surface area (Å²) in [4.78, 5) is 0.806. The average Bonchev–Trinajstić information content (AvgIpc) is 2.91. The Hall–Kier alpha value is -1.05. The number of hydrogen-bond acceptors (Lipinski definition) is 6. The highest BCUT2D eigenvalue weighted by Crippen LogP contribution is 2.28. The Bertz CT molecular complexity index is 534. The smallest absolute Gasteiger partial charge is 0.234 e. The molecule has 92 valence electrons. The van der Waals surface area contributed by atoms with Gasteiger partial charge in [-0.15, -0.1) is 10.2 Å². The number of nitrogens with zero attached hydrogens (tertiary/aromatic N) is 4. The van der Waals surface area contributed by atoms with Crippen LogP contribution in [0.2, 0.25) is 0 Å². The Labute approximate surface area is 103 Å². The highest BCUT2D eigenvalue weighted by Gasteiger charge is 2.27. The van der Waals surface area contributed by atoms with Crippen molar-refractivity contribution in [2.45, 2.75) is 31.7 Å². The summed E-state index contributed by atoms with van der Waals surface area (Å²) in [6, 6.07) is 0. The molecule has 2 aromatic rings. The van der Waals surface area contributed by atoms with Crippen LogP contribution < -0.4 is 5.73 Å². The maximum Gasteiger partial charge on any atom is 0.234 e. The van der Waals surface area contributed by atoms with Crippen LogP contribution >= 0.6 is 11.3 Å². The van der Waals surface area contributed by atoms with E-state index >= 15 is 0 Å².